The SMILES string of the molecule is CC(=O)N(CC(=O)NCCCc1ccccc1)c1ccc(C#N)cc1. The molecule has 0 spiro atoms. The van der Waals surface area contributed by atoms with Crippen LogP contribution in [0, 0.1) is 11.3 Å². The largest absolute Gasteiger partial charge is 0.355 e. The normalized spacial score (nSPS) is 9.92. The second-order valence-electron chi connectivity index (χ2n) is 5.70. The van der Waals surface area contributed by atoms with Crippen LogP contribution in [0.3, 0.4) is 0 Å². The predicted octanol–water partition coefficient (Wildman–Crippen LogP) is 2.66. The lowest BCUT2D eigenvalue weighted by Gasteiger charge is -2.20. The molecule has 0 heterocycles. The number of benzene rings is 2. The number of rotatable bonds is 7. The third kappa shape index (κ3) is 5.78. The molecule has 0 radical (unpaired) electrons. The average molecular weight is 335 g/mol. The van der Waals surface area contributed by atoms with E-state index in [4.69, 9.17) is 5.26 Å². The van der Waals surface area contributed by atoms with Gasteiger partial charge in [0, 0.05) is 19.2 Å². The van der Waals surface area contributed by atoms with E-state index in [1.54, 1.807) is 24.3 Å². The van der Waals surface area contributed by atoms with Gasteiger partial charge in [-0.1, -0.05) is 30.3 Å². The first-order chi connectivity index (χ1) is 12.1. The Labute approximate surface area is 147 Å². The maximum atomic E-state index is 12.1. The van der Waals surface area contributed by atoms with Gasteiger partial charge in [-0.25, -0.2) is 0 Å². The van der Waals surface area contributed by atoms with Crippen molar-refractivity contribution in [2.45, 2.75) is 19.8 Å². The topological polar surface area (TPSA) is 73.2 Å². The molecular weight excluding hydrogens is 314 g/mol. The van der Waals surface area contributed by atoms with Crippen molar-refractivity contribution >= 4 is 17.5 Å². The Morgan fingerprint density at radius 1 is 1.08 bits per heavy atom. The number of hydrogen-bond donors (Lipinski definition) is 1. The summed E-state index contributed by atoms with van der Waals surface area (Å²) in [7, 11) is 0. The maximum absolute atomic E-state index is 12.1. The van der Waals surface area contributed by atoms with Crippen molar-refractivity contribution in [3.63, 3.8) is 0 Å². The molecule has 2 aromatic rings. The molecule has 0 saturated heterocycles. The second-order valence-corrected chi connectivity index (χ2v) is 5.70. The van der Waals surface area contributed by atoms with E-state index in [0.717, 1.165) is 12.8 Å². The molecule has 1 N–H and O–H groups in total. The van der Waals surface area contributed by atoms with Crippen LogP contribution in [-0.2, 0) is 16.0 Å². The van der Waals surface area contributed by atoms with Crippen molar-refractivity contribution in [1.29, 1.82) is 5.26 Å². The highest BCUT2D eigenvalue weighted by Crippen LogP contribution is 2.15. The van der Waals surface area contributed by atoms with E-state index in [1.165, 1.54) is 17.4 Å². The summed E-state index contributed by atoms with van der Waals surface area (Å²) < 4.78 is 0. The van der Waals surface area contributed by atoms with Crippen LogP contribution in [0.4, 0.5) is 5.69 Å². The molecule has 0 aliphatic rings. The number of amides is 2. The van der Waals surface area contributed by atoms with E-state index < -0.39 is 0 Å². The zero-order valence-corrected chi connectivity index (χ0v) is 14.2. The molecule has 0 aliphatic carbocycles. The van der Waals surface area contributed by atoms with Gasteiger partial charge in [0.1, 0.15) is 6.54 Å². The summed E-state index contributed by atoms with van der Waals surface area (Å²) in [5.41, 5.74) is 2.35. The Bertz CT molecular complexity index is 749. The van der Waals surface area contributed by atoms with Gasteiger partial charge in [-0.05, 0) is 42.7 Å². The number of hydrogen-bond acceptors (Lipinski definition) is 3. The molecule has 2 rings (SSSR count). The lowest BCUT2D eigenvalue weighted by Crippen LogP contribution is -2.40. The highest BCUT2D eigenvalue weighted by atomic mass is 16.2. The van der Waals surface area contributed by atoms with Gasteiger partial charge < -0.3 is 10.2 Å². The van der Waals surface area contributed by atoms with Gasteiger partial charge in [0.05, 0.1) is 11.6 Å². The molecule has 0 bridgehead atoms. The highest BCUT2D eigenvalue weighted by Gasteiger charge is 2.15. The van der Waals surface area contributed by atoms with Crippen molar-refractivity contribution in [3.05, 3.63) is 65.7 Å². The highest BCUT2D eigenvalue weighted by molar-refractivity contribution is 5.97. The van der Waals surface area contributed by atoms with Gasteiger partial charge in [-0.3, -0.25) is 9.59 Å². The monoisotopic (exact) mass is 335 g/mol. The first-order valence-corrected chi connectivity index (χ1v) is 8.19. The number of carbonyl (C=O) groups excluding carboxylic acids is 2. The Balaban J connectivity index is 1.83. The smallest absolute Gasteiger partial charge is 0.240 e. The number of nitriles is 1. The quantitative estimate of drug-likeness (QED) is 0.791. The molecule has 0 saturated carbocycles. The molecular formula is C20H21N3O2. The zero-order chi connectivity index (χ0) is 18.1. The van der Waals surface area contributed by atoms with Crippen molar-refractivity contribution in [3.8, 4) is 6.07 Å². The van der Waals surface area contributed by atoms with Gasteiger partial charge in [0.2, 0.25) is 11.8 Å². The van der Waals surface area contributed by atoms with Crippen LogP contribution >= 0.6 is 0 Å². The standard InChI is InChI=1S/C20H21N3O2/c1-16(24)23(19-11-9-18(14-21)10-12-19)15-20(25)22-13-5-8-17-6-3-2-4-7-17/h2-4,6-7,9-12H,5,8,13,15H2,1H3,(H,22,25). The summed E-state index contributed by atoms with van der Waals surface area (Å²) in [6, 6.07) is 18.7. The van der Waals surface area contributed by atoms with Crippen LogP contribution in [0.15, 0.2) is 54.6 Å². The molecule has 2 amide bonds. The lowest BCUT2D eigenvalue weighted by atomic mass is 10.1. The summed E-state index contributed by atoms with van der Waals surface area (Å²) in [5.74, 6) is -0.420. The minimum absolute atomic E-state index is 0.0351. The first kappa shape index (κ1) is 18.2. The Kier molecular flexibility index (Phi) is 6.73. The van der Waals surface area contributed by atoms with E-state index in [1.807, 2.05) is 24.3 Å². The molecule has 128 valence electrons. The fraction of sp³-hybridized carbons (Fsp3) is 0.250. The third-order valence-corrected chi connectivity index (χ3v) is 3.80. The van der Waals surface area contributed by atoms with Crippen LogP contribution in [0.5, 0.6) is 0 Å². The van der Waals surface area contributed by atoms with Crippen LogP contribution in [0.2, 0.25) is 0 Å². The maximum Gasteiger partial charge on any atom is 0.240 e. The van der Waals surface area contributed by atoms with Crippen LogP contribution in [0.1, 0.15) is 24.5 Å². The summed E-state index contributed by atoms with van der Waals surface area (Å²) in [4.78, 5) is 25.3. The van der Waals surface area contributed by atoms with Crippen LogP contribution in [0.25, 0.3) is 0 Å². The van der Waals surface area contributed by atoms with Crippen molar-refractivity contribution < 1.29 is 9.59 Å². The molecule has 0 unspecified atom stereocenters. The summed E-state index contributed by atoms with van der Waals surface area (Å²) in [5, 5.41) is 11.7. The number of carbonyl (C=O) groups is 2. The van der Waals surface area contributed by atoms with E-state index in [9.17, 15) is 9.59 Å². The van der Waals surface area contributed by atoms with E-state index in [2.05, 4.69) is 17.4 Å². The van der Waals surface area contributed by atoms with E-state index in [0.29, 0.717) is 17.8 Å². The molecule has 0 aromatic heterocycles. The molecule has 2 aromatic carbocycles. The summed E-state index contributed by atoms with van der Waals surface area (Å²) >= 11 is 0. The van der Waals surface area contributed by atoms with Gasteiger partial charge >= 0.3 is 0 Å². The summed E-state index contributed by atoms with van der Waals surface area (Å²) in [6.07, 6.45) is 1.74. The van der Waals surface area contributed by atoms with Gasteiger partial charge in [-0.15, -0.1) is 0 Å². The molecule has 25 heavy (non-hydrogen) atoms. The third-order valence-electron chi connectivity index (χ3n) is 3.80. The minimum Gasteiger partial charge on any atom is -0.355 e. The Hall–Kier alpha value is -3.13. The van der Waals surface area contributed by atoms with E-state index >= 15 is 0 Å². The predicted molar refractivity (Wildman–Crippen MR) is 97.0 cm³/mol. The van der Waals surface area contributed by atoms with Crippen LogP contribution in [-0.4, -0.2) is 24.9 Å². The molecule has 0 fully saturated rings. The molecule has 0 aliphatic heterocycles. The second kappa shape index (κ2) is 9.24. The fourth-order valence-corrected chi connectivity index (χ4v) is 2.46. The molecule has 5 heteroatoms. The average Bonchev–Trinajstić information content (AvgIpc) is 2.64. The van der Waals surface area contributed by atoms with Gasteiger partial charge in [-0.2, -0.15) is 5.26 Å². The first-order valence-electron chi connectivity index (χ1n) is 8.19. The Morgan fingerprint density at radius 2 is 1.76 bits per heavy atom. The molecule has 5 nitrogen and oxygen atoms in total. The number of nitrogens with zero attached hydrogens (tertiary/aromatic N) is 2. The number of nitrogens with one attached hydrogen (secondary N) is 1. The minimum atomic E-state index is -0.218. The number of aryl methyl sites for hydroxylation is 1. The zero-order valence-electron chi connectivity index (χ0n) is 14.2. The number of anilines is 1. The summed E-state index contributed by atoms with van der Waals surface area (Å²) in [6.45, 7) is 1.94. The molecule has 0 atom stereocenters. The van der Waals surface area contributed by atoms with Crippen LogP contribution < -0.4 is 10.2 Å². The van der Waals surface area contributed by atoms with Crippen molar-refractivity contribution in [2.75, 3.05) is 18.0 Å². The van der Waals surface area contributed by atoms with E-state index in [-0.39, 0.29) is 18.4 Å². The lowest BCUT2D eigenvalue weighted by molar-refractivity contribution is -0.123. The van der Waals surface area contributed by atoms with Crippen molar-refractivity contribution in [2.24, 2.45) is 0 Å². The van der Waals surface area contributed by atoms with Gasteiger partial charge in [0.15, 0.2) is 0 Å². The fourth-order valence-electron chi connectivity index (χ4n) is 2.46. The Morgan fingerprint density at radius 3 is 2.36 bits per heavy atom. The van der Waals surface area contributed by atoms with Gasteiger partial charge in [0.25, 0.3) is 0 Å². The van der Waals surface area contributed by atoms with Crippen molar-refractivity contribution in [1.82, 2.24) is 5.32 Å².